The molecule has 1 unspecified atom stereocenters. The van der Waals surface area contributed by atoms with Gasteiger partial charge in [0.1, 0.15) is 0 Å². The normalized spacial score (nSPS) is 12.6. The largest absolute Gasteiger partial charge is 0.0985 e. The molecule has 0 aliphatic carbocycles. The molecule has 2 rings (SSSR count). The highest BCUT2D eigenvalue weighted by Gasteiger charge is 2.03. The van der Waals surface area contributed by atoms with E-state index in [1.165, 1.54) is 28.3 Å². The molecule has 0 spiro atoms. The number of fused-ring (bicyclic) bond motifs is 1. The minimum absolute atomic E-state index is 0.642. The van der Waals surface area contributed by atoms with E-state index in [0.29, 0.717) is 5.92 Å². The summed E-state index contributed by atoms with van der Waals surface area (Å²) in [5.41, 5.74) is 2.62. The van der Waals surface area contributed by atoms with E-state index < -0.39 is 0 Å². The summed E-state index contributed by atoms with van der Waals surface area (Å²) in [4.78, 5) is 0. The Bertz CT molecular complexity index is 508. The highest BCUT2D eigenvalue weighted by atomic mass is 14.1. The van der Waals surface area contributed by atoms with Gasteiger partial charge in [-0.2, -0.15) is 0 Å². The molecule has 0 saturated carbocycles. The van der Waals surface area contributed by atoms with Gasteiger partial charge in [0, 0.05) is 0 Å². The highest BCUT2D eigenvalue weighted by molar-refractivity contribution is 5.85. The van der Waals surface area contributed by atoms with Crippen molar-refractivity contribution in [3.63, 3.8) is 0 Å². The smallest absolute Gasteiger partial charge is 0.0178 e. The van der Waals surface area contributed by atoms with Gasteiger partial charge in [-0.1, -0.05) is 56.8 Å². The molecule has 0 nitrogen and oxygen atoms in total. The molecule has 0 fully saturated rings. The second-order valence-electron chi connectivity index (χ2n) is 4.38. The van der Waals surface area contributed by atoms with Gasteiger partial charge in [-0.25, -0.2) is 0 Å². The Morgan fingerprint density at radius 3 is 2.50 bits per heavy atom. The number of benzene rings is 2. The van der Waals surface area contributed by atoms with Gasteiger partial charge in [-0.15, -0.1) is 0 Å². The third-order valence-corrected chi connectivity index (χ3v) is 3.31. The average Bonchev–Trinajstić information content (AvgIpc) is 2.36. The number of hydrogen-bond acceptors (Lipinski definition) is 0. The fraction of sp³-hybridized carbons (Fsp3) is 0.250. The average molecular weight is 210 g/mol. The van der Waals surface area contributed by atoms with Gasteiger partial charge in [0.05, 0.1) is 0 Å². The third kappa shape index (κ3) is 2.01. The van der Waals surface area contributed by atoms with Crippen LogP contribution in [0.5, 0.6) is 0 Å². The minimum atomic E-state index is 0.642. The van der Waals surface area contributed by atoms with Gasteiger partial charge in [-0.3, -0.25) is 0 Å². The fourth-order valence-electron chi connectivity index (χ4n) is 1.95. The lowest BCUT2D eigenvalue weighted by atomic mass is 9.95. The van der Waals surface area contributed by atoms with E-state index >= 15 is 0 Å². The maximum absolute atomic E-state index is 3.80. The van der Waals surface area contributed by atoms with Crippen LogP contribution in [-0.2, 0) is 0 Å². The lowest BCUT2D eigenvalue weighted by molar-refractivity contribution is 0.735. The van der Waals surface area contributed by atoms with Gasteiger partial charge >= 0.3 is 0 Å². The lowest BCUT2D eigenvalue weighted by Gasteiger charge is -2.10. The van der Waals surface area contributed by atoms with Crippen LogP contribution in [0.3, 0.4) is 0 Å². The maximum atomic E-state index is 3.80. The van der Waals surface area contributed by atoms with Crippen molar-refractivity contribution in [3.8, 4) is 0 Å². The van der Waals surface area contributed by atoms with Gasteiger partial charge < -0.3 is 0 Å². The zero-order chi connectivity index (χ0) is 11.5. The molecule has 0 N–H and O–H groups in total. The van der Waals surface area contributed by atoms with Crippen LogP contribution in [-0.4, -0.2) is 0 Å². The van der Waals surface area contributed by atoms with E-state index in [1.807, 2.05) is 6.08 Å². The van der Waals surface area contributed by atoms with E-state index in [9.17, 15) is 0 Å². The van der Waals surface area contributed by atoms with Gasteiger partial charge in [0.2, 0.25) is 0 Å². The van der Waals surface area contributed by atoms with E-state index in [-0.39, 0.29) is 0 Å². The van der Waals surface area contributed by atoms with E-state index in [1.54, 1.807) is 0 Å². The fourth-order valence-corrected chi connectivity index (χ4v) is 1.95. The molecule has 0 heterocycles. The van der Waals surface area contributed by atoms with Crippen LogP contribution in [0.25, 0.3) is 16.8 Å². The lowest BCUT2D eigenvalue weighted by Crippen LogP contribution is -1.90. The van der Waals surface area contributed by atoms with Crippen molar-refractivity contribution in [2.75, 3.05) is 0 Å². The van der Waals surface area contributed by atoms with Crippen LogP contribution in [0.1, 0.15) is 37.3 Å². The van der Waals surface area contributed by atoms with E-state index in [0.717, 1.165) is 0 Å². The number of hydrogen-bond donors (Lipinski definition) is 0. The molecule has 82 valence electrons. The first-order valence-electron chi connectivity index (χ1n) is 5.90. The molecule has 0 amide bonds. The molecule has 1 atom stereocenters. The Balaban J connectivity index is 2.51. The summed E-state index contributed by atoms with van der Waals surface area (Å²) in [6, 6.07) is 13.2. The highest BCUT2D eigenvalue weighted by Crippen LogP contribution is 2.24. The van der Waals surface area contributed by atoms with Crippen molar-refractivity contribution in [2.45, 2.75) is 26.2 Å². The molecular weight excluding hydrogens is 192 g/mol. The van der Waals surface area contributed by atoms with Crippen molar-refractivity contribution in [1.29, 1.82) is 0 Å². The summed E-state index contributed by atoms with van der Waals surface area (Å²) in [6.45, 7) is 8.31. The van der Waals surface area contributed by atoms with Crippen LogP contribution in [0.2, 0.25) is 0 Å². The monoisotopic (exact) mass is 210 g/mol. The Kier molecular flexibility index (Phi) is 3.09. The zero-order valence-corrected chi connectivity index (χ0v) is 10.0. The summed E-state index contributed by atoms with van der Waals surface area (Å²) in [5.74, 6) is 0.642. The van der Waals surface area contributed by atoms with Crippen molar-refractivity contribution in [3.05, 3.63) is 54.1 Å². The van der Waals surface area contributed by atoms with Crippen molar-refractivity contribution < 1.29 is 0 Å². The van der Waals surface area contributed by atoms with E-state index in [2.05, 4.69) is 56.8 Å². The summed E-state index contributed by atoms with van der Waals surface area (Å²) >= 11 is 0. The zero-order valence-electron chi connectivity index (χ0n) is 10.0. The van der Waals surface area contributed by atoms with Crippen molar-refractivity contribution >= 4 is 16.8 Å². The van der Waals surface area contributed by atoms with Crippen molar-refractivity contribution in [2.24, 2.45) is 0 Å². The molecule has 0 aliphatic rings. The van der Waals surface area contributed by atoms with Crippen molar-refractivity contribution in [1.82, 2.24) is 0 Å². The molecule has 0 aliphatic heterocycles. The molecule has 16 heavy (non-hydrogen) atoms. The molecular formula is C16H18. The van der Waals surface area contributed by atoms with Crippen LogP contribution >= 0.6 is 0 Å². The Hall–Kier alpha value is -1.56. The summed E-state index contributed by atoms with van der Waals surface area (Å²) in [7, 11) is 0. The summed E-state index contributed by atoms with van der Waals surface area (Å²) in [5, 5.41) is 2.62. The van der Waals surface area contributed by atoms with Crippen LogP contribution in [0.15, 0.2) is 43.0 Å². The first-order chi connectivity index (χ1) is 7.74. The van der Waals surface area contributed by atoms with Gasteiger partial charge in [0.25, 0.3) is 0 Å². The molecule has 0 bridgehead atoms. The first-order valence-corrected chi connectivity index (χ1v) is 5.90. The Morgan fingerprint density at radius 2 is 1.81 bits per heavy atom. The summed E-state index contributed by atoms with van der Waals surface area (Å²) in [6.07, 6.45) is 3.08. The molecule has 2 aromatic rings. The molecule has 0 aromatic heterocycles. The first kappa shape index (κ1) is 10.9. The predicted octanol–water partition coefficient (Wildman–Crippen LogP) is 5.00. The SMILES string of the molecule is C=Cc1ccc2cc(C(C)CC)ccc2c1. The standard InChI is InChI=1S/C16H18/c1-4-12(3)14-8-9-15-10-13(5-2)6-7-16(15)11-14/h5-12H,2,4H2,1,3H3. The second kappa shape index (κ2) is 4.52. The predicted molar refractivity (Wildman–Crippen MR) is 72.7 cm³/mol. The second-order valence-corrected chi connectivity index (χ2v) is 4.38. The Morgan fingerprint density at radius 1 is 1.12 bits per heavy atom. The molecule has 0 heteroatoms. The van der Waals surface area contributed by atoms with Crippen LogP contribution < -0.4 is 0 Å². The summed E-state index contributed by atoms with van der Waals surface area (Å²) < 4.78 is 0. The molecule has 2 aromatic carbocycles. The van der Waals surface area contributed by atoms with E-state index in [4.69, 9.17) is 0 Å². The van der Waals surface area contributed by atoms with Crippen LogP contribution in [0.4, 0.5) is 0 Å². The molecule has 0 radical (unpaired) electrons. The molecule has 0 saturated heterocycles. The topological polar surface area (TPSA) is 0 Å². The third-order valence-electron chi connectivity index (χ3n) is 3.31. The van der Waals surface area contributed by atoms with Crippen LogP contribution in [0, 0.1) is 0 Å². The Labute approximate surface area is 97.6 Å². The maximum Gasteiger partial charge on any atom is -0.0178 e. The minimum Gasteiger partial charge on any atom is -0.0985 e. The van der Waals surface area contributed by atoms with Gasteiger partial charge in [-0.05, 0) is 40.3 Å². The number of rotatable bonds is 3. The van der Waals surface area contributed by atoms with Gasteiger partial charge in [0.15, 0.2) is 0 Å². The quantitative estimate of drug-likeness (QED) is 0.669.